The van der Waals surface area contributed by atoms with E-state index in [0.29, 0.717) is 12.3 Å². The monoisotopic (exact) mass is 418 g/mol. The fraction of sp³-hybridized carbons (Fsp3) is 0.571. The number of quaternary nitrogens is 1. The Balaban J connectivity index is 1.35. The highest BCUT2D eigenvalue weighted by molar-refractivity contribution is 7.09. The second kappa shape index (κ2) is 9.17. The van der Waals surface area contributed by atoms with Gasteiger partial charge in [-0.25, -0.2) is 9.37 Å². The number of benzene rings is 1. The minimum atomic E-state index is -0.234. The molecule has 0 unspecified atom stereocenters. The summed E-state index contributed by atoms with van der Waals surface area (Å²) in [6, 6.07) is 6.47. The Morgan fingerprint density at radius 2 is 2.00 bits per heavy atom. The van der Waals surface area contributed by atoms with Crippen molar-refractivity contribution in [2.75, 3.05) is 50.7 Å². The largest absolute Gasteiger partial charge is 0.346 e. The van der Waals surface area contributed by atoms with Gasteiger partial charge in [-0.3, -0.25) is 4.79 Å². The van der Waals surface area contributed by atoms with Crippen molar-refractivity contribution < 1.29 is 14.1 Å². The molecule has 1 atom stereocenters. The van der Waals surface area contributed by atoms with Crippen LogP contribution in [0.2, 0.25) is 0 Å². The van der Waals surface area contributed by atoms with Crippen LogP contribution in [-0.2, 0) is 11.2 Å². The zero-order valence-corrected chi connectivity index (χ0v) is 17.8. The number of nitrogens with zero attached hydrogens (tertiary/aromatic N) is 4. The number of hydrogen-bond donors (Lipinski definition) is 1. The predicted molar refractivity (Wildman–Crippen MR) is 112 cm³/mol. The number of anilines is 1. The van der Waals surface area contributed by atoms with Crippen molar-refractivity contribution in [3.63, 3.8) is 0 Å². The first-order valence-electron chi connectivity index (χ1n) is 10.6. The van der Waals surface area contributed by atoms with Gasteiger partial charge in [0.2, 0.25) is 11.0 Å². The molecule has 0 radical (unpaired) electrons. The molecule has 156 valence electrons. The average Bonchev–Trinajstić information content (AvgIpc) is 3.23. The van der Waals surface area contributed by atoms with Crippen molar-refractivity contribution in [2.45, 2.75) is 26.2 Å². The van der Waals surface area contributed by atoms with Crippen LogP contribution in [0.3, 0.4) is 0 Å². The number of piperazine rings is 1. The molecule has 4 rings (SSSR count). The number of carbonyl (C=O) groups is 1. The molecule has 3 heterocycles. The second-order valence-corrected chi connectivity index (χ2v) is 8.74. The van der Waals surface area contributed by atoms with Crippen molar-refractivity contribution in [1.82, 2.24) is 14.3 Å². The fourth-order valence-electron chi connectivity index (χ4n) is 4.24. The molecule has 0 spiro atoms. The lowest BCUT2D eigenvalue weighted by Crippen LogP contribution is -3.14. The number of halogens is 1. The van der Waals surface area contributed by atoms with Crippen LogP contribution in [0.4, 0.5) is 9.52 Å². The van der Waals surface area contributed by atoms with Gasteiger partial charge in [0.15, 0.2) is 0 Å². The van der Waals surface area contributed by atoms with Gasteiger partial charge in [-0.05, 0) is 37.5 Å². The number of nitrogens with one attached hydrogen (secondary N) is 1. The van der Waals surface area contributed by atoms with E-state index in [9.17, 15) is 9.18 Å². The van der Waals surface area contributed by atoms with Crippen LogP contribution in [0.5, 0.6) is 0 Å². The lowest BCUT2D eigenvalue weighted by atomic mass is 9.96. The average molecular weight is 419 g/mol. The Morgan fingerprint density at radius 3 is 2.72 bits per heavy atom. The van der Waals surface area contributed by atoms with E-state index in [1.165, 1.54) is 23.7 Å². The van der Waals surface area contributed by atoms with E-state index < -0.39 is 0 Å². The van der Waals surface area contributed by atoms with Crippen LogP contribution in [0, 0.1) is 11.7 Å². The van der Waals surface area contributed by atoms with Crippen molar-refractivity contribution >= 4 is 22.6 Å². The van der Waals surface area contributed by atoms with E-state index >= 15 is 0 Å². The molecular formula is C21H29FN5OS+. The topological polar surface area (TPSA) is 53.8 Å². The first-order chi connectivity index (χ1) is 14.1. The standard InChI is InChI=1S/C21H28FN5OS/c1-2-25-10-12-26(13-11-25)20(28)17-4-3-9-27(15-17)21-23-19(24-29-21)14-16-5-7-18(22)8-6-16/h5-8,17H,2-4,9-15H2,1H3/p+1/t17-/m1/s1. The normalized spacial score (nSPS) is 20.8. The van der Waals surface area contributed by atoms with Crippen molar-refractivity contribution in [2.24, 2.45) is 5.92 Å². The number of carbonyl (C=O) groups excluding carboxylic acids is 1. The zero-order chi connectivity index (χ0) is 20.2. The third kappa shape index (κ3) is 4.93. The summed E-state index contributed by atoms with van der Waals surface area (Å²) in [5, 5.41) is 0.889. The fourth-order valence-corrected chi connectivity index (χ4v) is 4.96. The number of piperidine rings is 1. The molecule has 1 amide bonds. The van der Waals surface area contributed by atoms with Crippen LogP contribution >= 0.6 is 11.5 Å². The SMILES string of the molecule is CC[NH+]1CCN(C(=O)[C@@H]2CCCN(c3nc(Cc4ccc(F)cc4)ns3)C2)CC1. The maximum atomic E-state index is 13.1. The summed E-state index contributed by atoms with van der Waals surface area (Å²) in [4.78, 5) is 23.6. The first-order valence-corrected chi connectivity index (χ1v) is 11.3. The highest BCUT2D eigenvalue weighted by atomic mass is 32.1. The molecule has 0 bridgehead atoms. The van der Waals surface area contributed by atoms with Crippen LogP contribution in [0.15, 0.2) is 24.3 Å². The van der Waals surface area contributed by atoms with Gasteiger partial charge in [-0.15, -0.1) is 0 Å². The first kappa shape index (κ1) is 20.2. The molecule has 0 aliphatic carbocycles. The Morgan fingerprint density at radius 1 is 1.24 bits per heavy atom. The quantitative estimate of drug-likeness (QED) is 0.794. The summed E-state index contributed by atoms with van der Waals surface area (Å²) < 4.78 is 17.6. The summed E-state index contributed by atoms with van der Waals surface area (Å²) in [7, 11) is 0. The molecule has 29 heavy (non-hydrogen) atoms. The van der Waals surface area contributed by atoms with E-state index in [1.807, 2.05) is 0 Å². The van der Waals surface area contributed by atoms with E-state index in [0.717, 1.165) is 75.2 Å². The van der Waals surface area contributed by atoms with E-state index in [4.69, 9.17) is 4.98 Å². The summed E-state index contributed by atoms with van der Waals surface area (Å²) in [5.41, 5.74) is 0.996. The number of rotatable bonds is 5. The lowest BCUT2D eigenvalue weighted by Gasteiger charge is -2.37. The minimum absolute atomic E-state index is 0.0522. The third-order valence-electron chi connectivity index (χ3n) is 6.06. The zero-order valence-electron chi connectivity index (χ0n) is 16.9. The van der Waals surface area contributed by atoms with Gasteiger partial charge >= 0.3 is 0 Å². The van der Waals surface area contributed by atoms with E-state index in [-0.39, 0.29) is 11.7 Å². The van der Waals surface area contributed by atoms with Gasteiger partial charge in [0.25, 0.3) is 0 Å². The maximum Gasteiger partial charge on any atom is 0.227 e. The number of amides is 1. The van der Waals surface area contributed by atoms with Gasteiger partial charge in [0.1, 0.15) is 11.6 Å². The van der Waals surface area contributed by atoms with E-state index in [1.54, 1.807) is 17.0 Å². The third-order valence-corrected chi connectivity index (χ3v) is 6.87. The second-order valence-electron chi connectivity index (χ2n) is 8.01. The molecule has 0 saturated carbocycles. The maximum absolute atomic E-state index is 13.1. The highest BCUT2D eigenvalue weighted by Crippen LogP contribution is 2.26. The molecular weight excluding hydrogens is 389 g/mol. The van der Waals surface area contributed by atoms with Crippen LogP contribution in [0.1, 0.15) is 31.2 Å². The molecule has 1 aromatic carbocycles. The summed E-state index contributed by atoms with van der Waals surface area (Å²) >= 11 is 1.39. The smallest absolute Gasteiger partial charge is 0.227 e. The minimum Gasteiger partial charge on any atom is -0.346 e. The number of likely N-dealkylation sites (N-methyl/N-ethyl adjacent to an activating group) is 1. The molecule has 1 N–H and O–H groups in total. The van der Waals surface area contributed by atoms with Crippen molar-refractivity contribution in [1.29, 1.82) is 0 Å². The molecule has 2 fully saturated rings. The van der Waals surface area contributed by atoms with Gasteiger partial charge in [0.05, 0.1) is 38.6 Å². The van der Waals surface area contributed by atoms with E-state index in [2.05, 4.69) is 21.1 Å². The molecule has 2 aliphatic heterocycles. The highest BCUT2D eigenvalue weighted by Gasteiger charge is 2.32. The summed E-state index contributed by atoms with van der Waals surface area (Å²) in [6.07, 6.45) is 2.55. The van der Waals surface area contributed by atoms with Gasteiger partial charge in [-0.2, -0.15) is 4.37 Å². The Kier molecular flexibility index (Phi) is 6.40. The lowest BCUT2D eigenvalue weighted by molar-refractivity contribution is -0.902. The van der Waals surface area contributed by atoms with Gasteiger partial charge in [-0.1, -0.05) is 12.1 Å². The molecule has 1 aromatic heterocycles. The van der Waals surface area contributed by atoms with Crippen LogP contribution in [-0.4, -0.2) is 66.0 Å². The molecule has 2 aliphatic rings. The summed E-state index contributed by atoms with van der Waals surface area (Å²) in [6.45, 7) is 8.85. The molecule has 2 saturated heterocycles. The molecule has 2 aromatic rings. The van der Waals surface area contributed by atoms with Crippen LogP contribution < -0.4 is 9.80 Å². The molecule has 8 heteroatoms. The Bertz CT molecular complexity index is 819. The Labute approximate surface area is 175 Å². The Hall–Kier alpha value is -2.06. The van der Waals surface area contributed by atoms with Gasteiger partial charge in [0, 0.05) is 31.0 Å². The van der Waals surface area contributed by atoms with Crippen molar-refractivity contribution in [3.05, 3.63) is 41.5 Å². The van der Waals surface area contributed by atoms with Crippen molar-refractivity contribution in [3.8, 4) is 0 Å². The predicted octanol–water partition coefficient (Wildman–Crippen LogP) is 1.23. The number of hydrogen-bond acceptors (Lipinski definition) is 5. The van der Waals surface area contributed by atoms with Crippen LogP contribution in [0.25, 0.3) is 0 Å². The summed E-state index contributed by atoms with van der Waals surface area (Å²) in [5.74, 6) is 0.878. The number of aromatic nitrogens is 2. The molecule has 6 nitrogen and oxygen atoms in total. The van der Waals surface area contributed by atoms with Gasteiger partial charge < -0.3 is 14.7 Å².